The Labute approximate surface area is 157 Å². The average molecular weight is 378 g/mol. The Morgan fingerprint density at radius 2 is 1.77 bits per heavy atom. The fraction of sp³-hybridized carbons (Fsp3) is 0.0500. The van der Waals surface area contributed by atoms with Crippen LogP contribution in [-0.2, 0) is 6.42 Å². The standard InChI is InChI=1S/C20H14N2O2S2/c23-18(17-11-14-8-4-5-9-16(14)19(24)26-17)22-20-21-12-15(25-20)10-13-6-2-1-3-7-13/h1-9,11-12H,10H2,(H,21,22,23). The lowest BCUT2D eigenvalue weighted by Gasteiger charge is -2.02. The van der Waals surface area contributed by atoms with E-state index >= 15 is 0 Å². The zero-order valence-electron chi connectivity index (χ0n) is 13.6. The molecule has 2 aromatic carbocycles. The molecule has 4 rings (SSSR count). The van der Waals surface area contributed by atoms with E-state index in [1.165, 1.54) is 16.9 Å². The highest BCUT2D eigenvalue weighted by Gasteiger charge is 2.12. The first-order chi connectivity index (χ1) is 12.7. The first kappa shape index (κ1) is 16.6. The summed E-state index contributed by atoms with van der Waals surface area (Å²) < 4.78 is -0.114. The van der Waals surface area contributed by atoms with Crippen LogP contribution >= 0.6 is 22.7 Å². The van der Waals surface area contributed by atoms with Crippen molar-refractivity contribution in [2.24, 2.45) is 0 Å². The SMILES string of the molecule is O=C(Nc1ncc(Cc2ccccc2)s1)c1cc2ccccc2c(=O)s1. The molecule has 0 fully saturated rings. The van der Waals surface area contributed by atoms with Gasteiger partial charge in [0.1, 0.15) is 0 Å². The van der Waals surface area contributed by atoms with E-state index in [2.05, 4.69) is 22.4 Å². The van der Waals surface area contributed by atoms with E-state index < -0.39 is 0 Å². The molecule has 0 saturated heterocycles. The van der Waals surface area contributed by atoms with Crippen molar-refractivity contribution in [2.75, 3.05) is 5.32 Å². The number of hydrogen-bond acceptors (Lipinski definition) is 5. The van der Waals surface area contributed by atoms with Crippen molar-refractivity contribution < 1.29 is 4.79 Å². The Hall–Kier alpha value is -2.83. The van der Waals surface area contributed by atoms with Gasteiger partial charge in [0.2, 0.25) is 4.74 Å². The zero-order chi connectivity index (χ0) is 17.9. The largest absolute Gasteiger partial charge is 0.297 e. The number of nitrogens with zero attached hydrogens (tertiary/aromatic N) is 1. The Morgan fingerprint density at radius 3 is 2.62 bits per heavy atom. The molecule has 0 aliphatic heterocycles. The van der Waals surface area contributed by atoms with Crippen molar-refractivity contribution in [1.82, 2.24) is 4.98 Å². The van der Waals surface area contributed by atoms with Gasteiger partial charge in [0.25, 0.3) is 5.91 Å². The number of fused-ring (bicyclic) bond motifs is 1. The molecule has 128 valence electrons. The topological polar surface area (TPSA) is 59.1 Å². The lowest BCUT2D eigenvalue weighted by Crippen LogP contribution is -2.12. The van der Waals surface area contributed by atoms with E-state index in [4.69, 9.17) is 0 Å². The minimum absolute atomic E-state index is 0.114. The Bertz CT molecular complexity index is 1130. The van der Waals surface area contributed by atoms with Crippen LogP contribution in [0.4, 0.5) is 5.13 Å². The molecule has 0 aliphatic rings. The number of carbonyl (C=O) groups excluding carboxylic acids is 1. The first-order valence-electron chi connectivity index (χ1n) is 8.02. The summed E-state index contributed by atoms with van der Waals surface area (Å²) >= 11 is 2.39. The summed E-state index contributed by atoms with van der Waals surface area (Å²) in [4.78, 5) is 30.4. The second-order valence-electron chi connectivity index (χ2n) is 5.73. The number of benzene rings is 2. The molecular formula is C20H14N2O2S2. The fourth-order valence-electron chi connectivity index (χ4n) is 2.65. The van der Waals surface area contributed by atoms with Crippen LogP contribution in [0, 0.1) is 0 Å². The van der Waals surface area contributed by atoms with Crippen molar-refractivity contribution >= 4 is 44.5 Å². The van der Waals surface area contributed by atoms with E-state index in [-0.39, 0.29) is 10.6 Å². The molecule has 0 spiro atoms. The molecule has 4 nitrogen and oxygen atoms in total. The highest BCUT2D eigenvalue weighted by atomic mass is 32.1. The van der Waals surface area contributed by atoms with Gasteiger partial charge in [-0.15, -0.1) is 11.3 Å². The zero-order valence-corrected chi connectivity index (χ0v) is 15.3. The minimum Gasteiger partial charge on any atom is -0.297 e. The van der Waals surface area contributed by atoms with Gasteiger partial charge in [0.05, 0.1) is 4.88 Å². The van der Waals surface area contributed by atoms with Crippen LogP contribution in [0.3, 0.4) is 0 Å². The van der Waals surface area contributed by atoms with Gasteiger partial charge in [0, 0.05) is 22.9 Å². The van der Waals surface area contributed by atoms with E-state index in [9.17, 15) is 9.59 Å². The quantitative estimate of drug-likeness (QED) is 0.566. The number of thiazole rings is 1. The normalized spacial score (nSPS) is 10.8. The molecule has 0 bridgehead atoms. The second-order valence-corrected chi connectivity index (χ2v) is 7.86. The molecule has 0 aliphatic carbocycles. The summed E-state index contributed by atoms with van der Waals surface area (Å²) in [6, 6.07) is 19.1. The summed E-state index contributed by atoms with van der Waals surface area (Å²) in [6.07, 6.45) is 2.55. The number of aromatic nitrogens is 1. The van der Waals surface area contributed by atoms with E-state index in [1.54, 1.807) is 18.3 Å². The highest BCUT2D eigenvalue weighted by molar-refractivity contribution is 7.16. The maximum atomic E-state index is 12.5. The van der Waals surface area contributed by atoms with Gasteiger partial charge in [-0.2, -0.15) is 0 Å². The van der Waals surface area contributed by atoms with Crippen LogP contribution in [0.25, 0.3) is 10.8 Å². The van der Waals surface area contributed by atoms with Crippen LogP contribution in [0.5, 0.6) is 0 Å². The van der Waals surface area contributed by atoms with Gasteiger partial charge < -0.3 is 0 Å². The first-order valence-corrected chi connectivity index (χ1v) is 9.65. The van der Waals surface area contributed by atoms with E-state index in [0.29, 0.717) is 15.4 Å². The Kier molecular flexibility index (Phi) is 4.60. The fourth-order valence-corrected chi connectivity index (χ4v) is 4.32. The van der Waals surface area contributed by atoms with Gasteiger partial charge in [-0.3, -0.25) is 14.9 Å². The number of anilines is 1. The monoisotopic (exact) mass is 378 g/mol. The third-order valence-electron chi connectivity index (χ3n) is 3.89. The molecule has 26 heavy (non-hydrogen) atoms. The molecule has 2 heterocycles. The van der Waals surface area contributed by atoms with Crippen molar-refractivity contribution in [3.63, 3.8) is 0 Å². The number of carbonyl (C=O) groups is 1. The summed E-state index contributed by atoms with van der Waals surface area (Å²) in [5.41, 5.74) is 1.20. The summed E-state index contributed by atoms with van der Waals surface area (Å²) in [5, 5.41) is 4.73. The van der Waals surface area contributed by atoms with Gasteiger partial charge in [0.15, 0.2) is 5.13 Å². The van der Waals surface area contributed by atoms with Gasteiger partial charge >= 0.3 is 0 Å². The predicted molar refractivity (Wildman–Crippen MR) is 107 cm³/mol. The summed E-state index contributed by atoms with van der Waals surface area (Å²) in [7, 11) is 0. The van der Waals surface area contributed by atoms with Gasteiger partial charge in [-0.1, -0.05) is 59.9 Å². The highest BCUT2D eigenvalue weighted by Crippen LogP contribution is 2.23. The number of amides is 1. The Balaban J connectivity index is 1.53. The number of nitrogens with one attached hydrogen (secondary N) is 1. The van der Waals surface area contributed by atoms with Gasteiger partial charge in [-0.25, -0.2) is 4.98 Å². The van der Waals surface area contributed by atoms with Crippen LogP contribution in [0.2, 0.25) is 0 Å². The molecule has 6 heteroatoms. The van der Waals surface area contributed by atoms with Crippen LogP contribution < -0.4 is 10.1 Å². The number of rotatable bonds is 4. The Morgan fingerprint density at radius 1 is 1.00 bits per heavy atom. The maximum absolute atomic E-state index is 12.5. The molecule has 0 atom stereocenters. The van der Waals surface area contributed by atoms with E-state index in [0.717, 1.165) is 28.0 Å². The lowest BCUT2D eigenvalue weighted by molar-refractivity contribution is 0.103. The summed E-state index contributed by atoms with van der Waals surface area (Å²) in [5.74, 6) is -0.307. The van der Waals surface area contributed by atoms with Crippen molar-refractivity contribution in [2.45, 2.75) is 6.42 Å². The number of hydrogen-bond donors (Lipinski definition) is 1. The van der Waals surface area contributed by atoms with Crippen LogP contribution in [0.1, 0.15) is 20.1 Å². The third kappa shape index (κ3) is 3.56. The molecule has 4 aromatic rings. The lowest BCUT2D eigenvalue weighted by atomic mass is 10.1. The molecule has 0 saturated carbocycles. The molecular weight excluding hydrogens is 364 g/mol. The molecule has 1 amide bonds. The molecule has 0 radical (unpaired) electrons. The predicted octanol–water partition coefficient (Wildman–Crippen LogP) is 4.56. The van der Waals surface area contributed by atoms with Crippen LogP contribution in [0.15, 0.2) is 71.7 Å². The molecule has 1 N–H and O–H groups in total. The van der Waals surface area contributed by atoms with Crippen LogP contribution in [-0.4, -0.2) is 10.9 Å². The van der Waals surface area contributed by atoms with E-state index in [1.807, 2.05) is 36.4 Å². The smallest absolute Gasteiger partial charge is 0.267 e. The molecule has 2 aromatic heterocycles. The molecule has 0 unspecified atom stereocenters. The second kappa shape index (κ2) is 7.19. The average Bonchev–Trinajstić information content (AvgIpc) is 3.09. The van der Waals surface area contributed by atoms with Gasteiger partial charge in [-0.05, 0) is 23.1 Å². The summed E-state index contributed by atoms with van der Waals surface area (Å²) in [6.45, 7) is 0. The van der Waals surface area contributed by atoms with Crippen molar-refractivity contribution in [1.29, 1.82) is 0 Å². The van der Waals surface area contributed by atoms with Crippen molar-refractivity contribution in [3.8, 4) is 0 Å². The minimum atomic E-state index is -0.307. The third-order valence-corrected chi connectivity index (χ3v) is 5.73. The van der Waals surface area contributed by atoms with Crippen molar-refractivity contribution in [3.05, 3.63) is 91.7 Å². The maximum Gasteiger partial charge on any atom is 0.267 e.